The van der Waals surface area contributed by atoms with Gasteiger partial charge in [-0.3, -0.25) is 5.73 Å². The van der Waals surface area contributed by atoms with Crippen LogP contribution in [0.4, 0.5) is 26.3 Å². The maximum atomic E-state index is 12.8. The summed E-state index contributed by atoms with van der Waals surface area (Å²) in [5, 5.41) is 5.93. The van der Waals surface area contributed by atoms with Crippen LogP contribution in [0, 0.1) is 0 Å². The first-order chi connectivity index (χ1) is 10.8. The van der Waals surface area contributed by atoms with Gasteiger partial charge in [0.05, 0.1) is 26.2 Å². The van der Waals surface area contributed by atoms with Gasteiger partial charge < -0.3 is 0 Å². The Kier molecular flexibility index (Phi) is 4.90. The third-order valence-electron chi connectivity index (χ3n) is 3.00. The van der Waals surface area contributed by atoms with E-state index in [1.165, 1.54) is 6.92 Å². The van der Waals surface area contributed by atoms with Crippen LogP contribution in [0.1, 0.15) is 18.1 Å². The first-order valence-electron chi connectivity index (χ1n) is 6.01. The van der Waals surface area contributed by atoms with Crippen molar-refractivity contribution in [3.63, 3.8) is 0 Å². The Morgan fingerprint density at radius 3 is 2.00 bits per heavy atom. The number of hydrogen-bond acceptors (Lipinski definition) is 4. The molecule has 0 amide bonds. The highest BCUT2D eigenvalue weighted by Crippen LogP contribution is 2.52. The number of allylic oxidation sites excluding steroid dienone is 1. The maximum Gasteiger partial charge on any atom is 0.446 e. The number of azo groups is 1. The molecular formula is C12H7Cl2F6N3S. The molecule has 12 heteroatoms. The van der Waals surface area contributed by atoms with E-state index in [0.29, 0.717) is 12.1 Å². The van der Waals surface area contributed by atoms with Crippen LogP contribution in [-0.4, -0.2) is 5.51 Å². The Bertz CT molecular complexity index is 720. The third kappa shape index (κ3) is 3.66. The lowest BCUT2D eigenvalue weighted by molar-refractivity contribution is -0.137. The van der Waals surface area contributed by atoms with Crippen molar-refractivity contribution in [2.24, 2.45) is 16.0 Å². The Morgan fingerprint density at radius 2 is 1.58 bits per heavy atom. The molecule has 1 heterocycles. The zero-order valence-corrected chi connectivity index (χ0v) is 13.9. The Hall–Kier alpha value is -0.970. The molecule has 2 N–H and O–H groups in total. The molecule has 3 nitrogen and oxygen atoms in total. The molecule has 0 saturated carbocycles. The summed E-state index contributed by atoms with van der Waals surface area (Å²) in [6.45, 7) is 1.23. The molecule has 1 atom stereocenters. The molecule has 2 rings (SSSR count). The van der Waals surface area contributed by atoms with Crippen molar-refractivity contribution in [3.8, 4) is 0 Å². The first kappa shape index (κ1) is 19.4. The van der Waals surface area contributed by atoms with Gasteiger partial charge in [0.15, 0.2) is 5.66 Å². The second-order valence-corrected chi connectivity index (χ2v) is 6.63. The lowest BCUT2D eigenvalue weighted by Crippen LogP contribution is -2.36. The predicted molar refractivity (Wildman–Crippen MR) is 78.5 cm³/mol. The Labute approximate surface area is 145 Å². The van der Waals surface area contributed by atoms with Crippen molar-refractivity contribution in [1.82, 2.24) is 0 Å². The van der Waals surface area contributed by atoms with Gasteiger partial charge in [0.25, 0.3) is 0 Å². The van der Waals surface area contributed by atoms with Crippen LogP contribution >= 0.6 is 35.0 Å². The molecule has 132 valence electrons. The quantitative estimate of drug-likeness (QED) is 0.602. The van der Waals surface area contributed by atoms with Crippen molar-refractivity contribution in [2.45, 2.75) is 24.3 Å². The fraction of sp³-hybridized carbons (Fsp3) is 0.333. The highest BCUT2D eigenvalue weighted by Gasteiger charge is 2.47. The van der Waals surface area contributed by atoms with Crippen LogP contribution in [0.2, 0.25) is 10.0 Å². The normalized spacial score (nSPS) is 21.8. The standard InChI is InChI=1S/C12H7Cl2F6N3S/c1-4-9(24-12(18,19)20)10(21,23-22-4)8-6(13)2-5(3-7(8)14)11(15,16)17/h2-3H,21H2,1H3. The number of rotatable bonds is 2. The Morgan fingerprint density at radius 1 is 1.08 bits per heavy atom. The summed E-state index contributed by atoms with van der Waals surface area (Å²) in [4.78, 5) is -0.515. The van der Waals surface area contributed by atoms with Gasteiger partial charge in [-0.25, -0.2) is 0 Å². The number of nitrogens with zero attached hydrogens (tertiary/aromatic N) is 2. The number of benzene rings is 1. The average Bonchev–Trinajstić information content (AvgIpc) is 2.64. The second-order valence-electron chi connectivity index (χ2n) is 4.74. The molecule has 0 fully saturated rings. The maximum absolute atomic E-state index is 12.8. The van der Waals surface area contributed by atoms with E-state index in [-0.39, 0.29) is 11.3 Å². The monoisotopic (exact) mass is 409 g/mol. The summed E-state index contributed by atoms with van der Waals surface area (Å²) in [5.41, 5.74) is -2.71. The van der Waals surface area contributed by atoms with E-state index >= 15 is 0 Å². The molecule has 0 aromatic heterocycles. The molecule has 1 aliphatic rings. The summed E-state index contributed by atoms with van der Waals surface area (Å²) < 4.78 is 76.5. The zero-order chi connectivity index (χ0) is 18.5. The third-order valence-corrected chi connectivity index (χ3v) is 4.64. The van der Waals surface area contributed by atoms with Crippen LogP contribution in [0.3, 0.4) is 0 Å². The van der Waals surface area contributed by atoms with Crippen molar-refractivity contribution in [3.05, 3.63) is 43.9 Å². The van der Waals surface area contributed by atoms with E-state index in [0.717, 1.165) is 0 Å². The fourth-order valence-electron chi connectivity index (χ4n) is 2.05. The highest BCUT2D eigenvalue weighted by atomic mass is 35.5. The molecule has 24 heavy (non-hydrogen) atoms. The predicted octanol–water partition coefficient (Wildman–Crippen LogP) is 6.07. The number of thioether (sulfide) groups is 1. The Balaban J connectivity index is 2.61. The lowest BCUT2D eigenvalue weighted by atomic mass is 9.98. The molecule has 0 saturated heterocycles. The van der Waals surface area contributed by atoms with E-state index in [1.54, 1.807) is 0 Å². The average molecular weight is 410 g/mol. The number of hydrogen-bond donors (Lipinski definition) is 1. The summed E-state index contributed by atoms with van der Waals surface area (Å²) >= 11 is 11.1. The van der Waals surface area contributed by atoms with Gasteiger partial charge in [-0.15, -0.1) is 0 Å². The van der Waals surface area contributed by atoms with Gasteiger partial charge >= 0.3 is 11.7 Å². The molecule has 0 bridgehead atoms. The molecular weight excluding hydrogens is 403 g/mol. The minimum absolute atomic E-state index is 0.133. The molecule has 0 spiro atoms. The van der Waals surface area contributed by atoms with E-state index < -0.39 is 49.6 Å². The number of halogens is 8. The lowest BCUT2D eigenvalue weighted by Gasteiger charge is -2.26. The van der Waals surface area contributed by atoms with E-state index in [4.69, 9.17) is 28.9 Å². The largest absolute Gasteiger partial charge is 0.446 e. The van der Waals surface area contributed by atoms with E-state index in [1.807, 2.05) is 0 Å². The van der Waals surface area contributed by atoms with Crippen LogP contribution in [0.15, 0.2) is 33.0 Å². The molecule has 1 aromatic rings. The summed E-state index contributed by atoms with van der Waals surface area (Å²) in [6, 6.07) is 1.05. The first-order valence-corrected chi connectivity index (χ1v) is 7.58. The van der Waals surface area contributed by atoms with Crippen LogP contribution in [-0.2, 0) is 11.8 Å². The topological polar surface area (TPSA) is 50.7 Å². The van der Waals surface area contributed by atoms with Crippen LogP contribution in [0.5, 0.6) is 0 Å². The van der Waals surface area contributed by atoms with Gasteiger partial charge in [0.1, 0.15) is 0 Å². The summed E-state index contributed by atoms with van der Waals surface area (Å²) in [5.74, 6) is 0. The van der Waals surface area contributed by atoms with Gasteiger partial charge in [-0.1, -0.05) is 23.2 Å². The molecule has 0 radical (unpaired) electrons. The fourth-order valence-corrected chi connectivity index (χ4v) is 3.55. The SMILES string of the molecule is CC1=C(SC(F)(F)F)C(N)(c2c(Cl)cc(C(F)(F)F)cc2Cl)N=N1. The van der Waals surface area contributed by atoms with Gasteiger partial charge in [-0.05, 0) is 30.8 Å². The van der Waals surface area contributed by atoms with E-state index in [2.05, 4.69) is 10.2 Å². The van der Waals surface area contributed by atoms with Gasteiger partial charge in [-0.2, -0.15) is 36.6 Å². The smallest absolute Gasteiger partial charge is 0.297 e. The molecule has 1 unspecified atom stereocenters. The second kappa shape index (κ2) is 6.08. The molecule has 1 aromatic carbocycles. The minimum Gasteiger partial charge on any atom is -0.297 e. The number of alkyl halides is 6. The van der Waals surface area contributed by atoms with E-state index in [9.17, 15) is 26.3 Å². The van der Waals surface area contributed by atoms with Crippen molar-refractivity contribution < 1.29 is 26.3 Å². The van der Waals surface area contributed by atoms with Gasteiger partial charge in [0, 0.05) is 5.56 Å². The van der Waals surface area contributed by atoms with Crippen molar-refractivity contribution in [1.29, 1.82) is 0 Å². The van der Waals surface area contributed by atoms with Crippen LogP contribution < -0.4 is 5.73 Å². The summed E-state index contributed by atoms with van der Waals surface area (Å²) in [7, 11) is 0. The van der Waals surface area contributed by atoms with Crippen molar-refractivity contribution >= 4 is 35.0 Å². The van der Waals surface area contributed by atoms with Crippen molar-refractivity contribution in [2.75, 3.05) is 0 Å². The summed E-state index contributed by atoms with van der Waals surface area (Å²) in [6.07, 6.45) is -4.74. The van der Waals surface area contributed by atoms with Crippen LogP contribution in [0.25, 0.3) is 0 Å². The zero-order valence-electron chi connectivity index (χ0n) is 11.6. The van der Waals surface area contributed by atoms with Gasteiger partial charge in [0.2, 0.25) is 0 Å². The molecule has 0 aliphatic carbocycles. The molecule has 1 aliphatic heterocycles. The highest BCUT2D eigenvalue weighted by molar-refractivity contribution is 8.04. The minimum atomic E-state index is -4.74. The number of nitrogens with two attached hydrogens (primary N) is 1.